The van der Waals surface area contributed by atoms with Crippen LogP contribution in [0.2, 0.25) is 0 Å². The van der Waals surface area contributed by atoms with Crippen molar-refractivity contribution in [2.24, 2.45) is 5.73 Å². The SMILES string of the molecule is CC(=O)Oc1ccccc1C(=O)O.NCC(=O)CCC(=O)O. The fourth-order valence-corrected chi connectivity index (χ4v) is 1.24. The van der Waals surface area contributed by atoms with E-state index in [-0.39, 0.29) is 36.5 Å². The Morgan fingerprint density at radius 2 is 1.68 bits per heavy atom. The number of carbonyl (C=O) groups is 4. The summed E-state index contributed by atoms with van der Waals surface area (Å²) in [5, 5.41) is 16.8. The zero-order valence-corrected chi connectivity index (χ0v) is 11.9. The summed E-state index contributed by atoms with van der Waals surface area (Å²) in [6.07, 6.45) is -0.0676. The molecule has 0 unspecified atom stereocenters. The Bertz CT molecular complexity index is 554. The molecule has 0 amide bonds. The van der Waals surface area contributed by atoms with Gasteiger partial charge in [-0.1, -0.05) is 12.1 Å². The lowest BCUT2D eigenvalue weighted by Gasteiger charge is -2.03. The molecule has 0 atom stereocenters. The number of esters is 1. The predicted octanol–water partition coefficient (Wildman–Crippen LogP) is 0.689. The van der Waals surface area contributed by atoms with E-state index < -0.39 is 17.9 Å². The third-order valence-electron chi connectivity index (χ3n) is 2.22. The van der Waals surface area contributed by atoms with Gasteiger partial charge in [0.05, 0.1) is 13.0 Å². The van der Waals surface area contributed by atoms with Gasteiger partial charge in [0.15, 0.2) is 0 Å². The van der Waals surface area contributed by atoms with Gasteiger partial charge in [0.2, 0.25) is 0 Å². The molecule has 1 rings (SSSR count). The average molecular weight is 311 g/mol. The molecule has 0 saturated heterocycles. The third-order valence-corrected chi connectivity index (χ3v) is 2.22. The summed E-state index contributed by atoms with van der Waals surface area (Å²) >= 11 is 0. The Kier molecular flexibility index (Phi) is 8.80. The molecule has 120 valence electrons. The smallest absolute Gasteiger partial charge is 0.339 e. The quantitative estimate of drug-likeness (QED) is 0.514. The summed E-state index contributed by atoms with van der Waals surface area (Å²) in [4.78, 5) is 41.3. The number of hydrogen-bond donors (Lipinski definition) is 3. The summed E-state index contributed by atoms with van der Waals surface area (Å²) in [5.41, 5.74) is 4.90. The van der Waals surface area contributed by atoms with Crippen molar-refractivity contribution in [2.45, 2.75) is 19.8 Å². The van der Waals surface area contributed by atoms with Crippen molar-refractivity contribution in [3.05, 3.63) is 29.8 Å². The number of hydrogen-bond acceptors (Lipinski definition) is 6. The number of carbonyl (C=O) groups excluding carboxylic acids is 2. The van der Waals surface area contributed by atoms with Crippen molar-refractivity contribution in [3.8, 4) is 5.75 Å². The van der Waals surface area contributed by atoms with Gasteiger partial charge in [-0.3, -0.25) is 14.4 Å². The highest BCUT2D eigenvalue weighted by atomic mass is 16.5. The van der Waals surface area contributed by atoms with Crippen molar-refractivity contribution >= 4 is 23.7 Å². The second-order valence-electron chi connectivity index (χ2n) is 4.03. The molecular formula is C14H17NO7. The Balaban J connectivity index is 0.000000433. The summed E-state index contributed by atoms with van der Waals surface area (Å²) in [5.74, 6) is -2.75. The lowest BCUT2D eigenvalue weighted by molar-refractivity contribution is -0.138. The normalized spacial score (nSPS) is 9.18. The molecule has 0 heterocycles. The number of para-hydroxylation sites is 1. The molecule has 8 nitrogen and oxygen atoms in total. The number of carboxylic acids is 2. The van der Waals surface area contributed by atoms with Gasteiger partial charge in [0.1, 0.15) is 17.1 Å². The zero-order chi connectivity index (χ0) is 17.1. The standard InChI is InChI=1S/C9H8O4.C5H9NO3/c1-6(10)13-8-5-3-2-4-7(8)9(11)12;6-3-4(7)1-2-5(8)9/h2-5H,1H3,(H,11,12);1-3,6H2,(H,8,9). The second-order valence-corrected chi connectivity index (χ2v) is 4.03. The number of aliphatic carboxylic acids is 1. The van der Waals surface area contributed by atoms with Crippen LogP contribution in [0, 0.1) is 0 Å². The van der Waals surface area contributed by atoms with Crippen LogP contribution in [0.3, 0.4) is 0 Å². The summed E-state index contributed by atoms with van der Waals surface area (Å²) in [7, 11) is 0. The van der Waals surface area contributed by atoms with Crippen molar-refractivity contribution in [3.63, 3.8) is 0 Å². The van der Waals surface area contributed by atoms with Crippen LogP contribution in [-0.2, 0) is 14.4 Å². The van der Waals surface area contributed by atoms with Crippen LogP contribution in [0.15, 0.2) is 24.3 Å². The molecule has 0 aliphatic carbocycles. The highest BCUT2D eigenvalue weighted by Gasteiger charge is 2.11. The topological polar surface area (TPSA) is 144 Å². The van der Waals surface area contributed by atoms with Crippen LogP contribution in [0.25, 0.3) is 0 Å². The summed E-state index contributed by atoms with van der Waals surface area (Å²) in [6, 6.07) is 5.98. The molecule has 0 aliphatic heterocycles. The molecule has 0 aliphatic rings. The maximum Gasteiger partial charge on any atom is 0.339 e. The molecule has 0 fully saturated rings. The van der Waals surface area contributed by atoms with E-state index in [4.69, 9.17) is 15.9 Å². The molecule has 22 heavy (non-hydrogen) atoms. The minimum Gasteiger partial charge on any atom is -0.481 e. The number of carboxylic acid groups (broad SMARTS) is 2. The number of aromatic carboxylic acids is 1. The molecule has 0 radical (unpaired) electrons. The van der Waals surface area contributed by atoms with Crippen LogP contribution in [-0.4, -0.2) is 40.4 Å². The van der Waals surface area contributed by atoms with Crippen LogP contribution < -0.4 is 10.5 Å². The van der Waals surface area contributed by atoms with Gasteiger partial charge in [0, 0.05) is 13.3 Å². The maximum atomic E-state index is 10.6. The Morgan fingerprint density at radius 3 is 2.14 bits per heavy atom. The average Bonchev–Trinajstić information content (AvgIpc) is 2.45. The minimum atomic E-state index is -1.11. The Morgan fingerprint density at radius 1 is 1.09 bits per heavy atom. The van der Waals surface area contributed by atoms with Crippen molar-refractivity contribution in [1.82, 2.24) is 0 Å². The first-order valence-electron chi connectivity index (χ1n) is 6.22. The molecule has 0 bridgehead atoms. The number of ether oxygens (including phenoxy) is 1. The maximum absolute atomic E-state index is 10.6. The van der Waals surface area contributed by atoms with Crippen molar-refractivity contribution < 1.29 is 34.1 Å². The molecule has 1 aromatic carbocycles. The minimum absolute atomic E-state index is 0.0160. The largest absolute Gasteiger partial charge is 0.481 e. The van der Waals surface area contributed by atoms with E-state index in [1.807, 2.05) is 0 Å². The monoisotopic (exact) mass is 311 g/mol. The van der Waals surface area contributed by atoms with Crippen LogP contribution in [0.4, 0.5) is 0 Å². The highest BCUT2D eigenvalue weighted by molar-refractivity contribution is 5.91. The number of Topliss-reactive ketones (excluding diaryl/α,β-unsaturated/α-hetero) is 1. The molecular weight excluding hydrogens is 294 g/mol. The first-order chi connectivity index (χ1) is 10.3. The Hall–Kier alpha value is -2.74. The lowest BCUT2D eigenvalue weighted by Crippen LogP contribution is -2.14. The van der Waals surface area contributed by atoms with Crippen LogP contribution in [0.5, 0.6) is 5.75 Å². The predicted molar refractivity (Wildman–Crippen MR) is 75.6 cm³/mol. The van der Waals surface area contributed by atoms with Gasteiger partial charge in [0.25, 0.3) is 0 Å². The van der Waals surface area contributed by atoms with E-state index in [1.165, 1.54) is 19.1 Å². The van der Waals surface area contributed by atoms with Gasteiger partial charge >= 0.3 is 17.9 Å². The number of rotatable bonds is 6. The van der Waals surface area contributed by atoms with E-state index in [2.05, 4.69) is 4.74 Å². The van der Waals surface area contributed by atoms with E-state index in [0.717, 1.165) is 0 Å². The van der Waals surface area contributed by atoms with Crippen LogP contribution in [0.1, 0.15) is 30.1 Å². The molecule has 0 spiro atoms. The van der Waals surface area contributed by atoms with Gasteiger partial charge in [-0.15, -0.1) is 0 Å². The summed E-state index contributed by atoms with van der Waals surface area (Å²) < 4.78 is 4.69. The van der Waals surface area contributed by atoms with Gasteiger partial charge in [-0.2, -0.15) is 0 Å². The molecule has 0 aromatic heterocycles. The van der Waals surface area contributed by atoms with Crippen LogP contribution >= 0.6 is 0 Å². The van der Waals surface area contributed by atoms with Gasteiger partial charge < -0.3 is 20.7 Å². The first kappa shape index (κ1) is 19.3. The molecule has 4 N–H and O–H groups in total. The number of benzene rings is 1. The first-order valence-corrected chi connectivity index (χ1v) is 6.22. The van der Waals surface area contributed by atoms with Crippen molar-refractivity contribution in [2.75, 3.05) is 6.54 Å². The van der Waals surface area contributed by atoms with Gasteiger partial charge in [-0.25, -0.2) is 4.79 Å². The zero-order valence-electron chi connectivity index (χ0n) is 11.9. The van der Waals surface area contributed by atoms with Gasteiger partial charge in [-0.05, 0) is 12.1 Å². The summed E-state index contributed by atoms with van der Waals surface area (Å²) in [6.45, 7) is 1.16. The lowest BCUT2D eigenvalue weighted by atomic mass is 10.2. The van der Waals surface area contributed by atoms with E-state index in [1.54, 1.807) is 12.1 Å². The fraction of sp³-hybridized carbons (Fsp3) is 0.286. The fourth-order valence-electron chi connectivity index (χ4n) is 1.24. The molecule has 1 aromatic rings. The number of ketones is 1. The Labute approximate surface area is 126 Å². The van der Waals surface area contributed by atoms with Crippen molar-refractivity contribution in [1.29, 1.82) is 0 Å². The van der Waals surface area contributed by atoms with E-state index in [0.29, 0.717) is 0 Å². The molecule has 0 saturated carbocycles. The number of nitrogens with two attached hydrogens (primary N) is 1. The highest BCUT2D eigenvalue weighted by Crippen LogP contribution is 2.17. The van der Waals surface area contributed by atoms with E-state index in [9.17, 15) is 19.2 Å². The van der Waals surface area contributed by atoms with E-state index >= 15 is 0 Å². The third kappa shape index (κ3) is 8.43. The second kappa shape index (κ2) is 10.1. The molecule has 8 heteroatoms.